The van der Waals surface area contributed by atoms with E-state index < -0.39 is 0 Å². The molecule has 0 amide bonds. The molecule has 0 aromatic heterocycles. The topological polar surface area (TPSA) is 12.5 Å². The van der Waals surface area contributed by atoms with Crippen LogP contribution < -0.4 is 0 Å². The van der Waals surface area contributed by atoms with Crippen LogP contribution in [0.4, 0.5) is 0 Å². The number of likely N-dealkylation sites (N-methyl/N-ethyl adjacent to an activating group) is 1. The second-order valence-electron chi connectivity index (χ2n) is 3.53. The van der Waals surface area contributed by atoms with E-state index in [0.29, 0.717) is 12.0 Å². The molecule has 0 aliphatic heterocycles. The highest BCUT2D eigenvalue weighted by atomic mass is 32.1. The van der Waals surface area contributed by atoms with E-state index in [9.17, 15) is 0 Å². The molecule has 12 heavy (non-hydrogen) atoms. The van der Waals surface area contributed by atoms with Crippen molar-refractivity contribution in [3.05, 3.63) is 0 Å². The van der Waals surface area contributed by atoms with Crippen molar-refractivity contribution in [2.45, 2.75) is 19.9 Å². The van der Waals surface area contributed by atoms with E-state index in [1.54, 1.807) is 7.11 Å². The van der Waals surface area contributed by atoms with Gasteiger partial charge < -0.3 is 9.64 Å². The van der Waals surface area contributed by atoms with Crippen LogP contribution in [0, 0.1) is 5.92 Å². The molecule has 0 saturated heterocycles. The second-order valence-corrected chi connectivity index (χ2v) is 3.90. The maximum Gasteiger partial charge on any atom is 0.0615 e. The molecule has 0 fully saturated rings. The molecule has 0 aromatic rings. The standard InChI is InChI=1S/C9H21NOS/c1-8(7-12)5-10(3)9(2)6-11-4/h8-9,12H,5-7H2,1-4H3. The lowest BCUT2D eigenvalue weighted by atomic mass is 10.2. The zero-order valence-corrected chi connectivity index (χ0v) is 9.47. The van der Waals surface area contributed by atoms with Crippen LogP contribution in [0.3, 0.4) is 0 Å². The lowest BCUT2D eigenvalue weighted by molar-refractivity contribution is 0.109. The van der Waals surface area contributed by atoms with Crippen LogP contribution in [-0.4, -0.2) is 44.0 Å². The Morgan fingerprint density at radius 2 is 2.00 bits per heavy atom. The van der Waals surface area contributed by atoms with Gasteiger partial charge in [-0.3, -0.25) is 0 Å². The van der Waals surface area contributed by atoms with Gasteiger partial charge in [0.15, 0.2) is 0 Å². The normalized spacial score (nSPS) is 16.5. The first-order valence-electron chi connectivity index (χ1n) is 4.41. The van der Waals surface area contributed by atoms with Gasteiger partial charge >= 0.3 is 0 Å². The maximum absolute atomic E-state index is 5.08. The van der Waals surface area contributed by atoms with E-state index in [1.165, 1.54) is 0 Å². The molecule has 0 N–H and O–H groups in total. The van der Waals surface area contributed by atoms with Gasteiger partial charge in [-0.1, -0.05) is 6.92 Å². The minimum atomic E-state index is 0.498. The summed E-state index contributed by atoms with van der Waals surface area (Å²) in [6.07, 6.45) is 0. The van der Waals surface area contributed by atoms with Crippen LogP contribution in [0.1, 0.15) is 13.8 Å². The first-order valence-corrected chi connectivity index (χ1v) is 5.05. The van der Waals surface area contributed by atoms with E-state index in [-0.39, 0.29) is 0 Å². The zero-order chi connectivity index (χ0) is 9.56. The quantitative estimate of drug-likeness (QED) is 0.639. The Labute approximate surface area is 81.7 Å². The fraction of sp³-hybridized carbons (Fsp3) is 1.00. The van der Waals surface area contributed by atoms with Gasteiger partial charge in [0, 0.05) is 19.7 Å². The van der Waals surface area contributed by atoms with Crippen molar-refractivity contribution < 1.29 is 4.74 Å². The van der Waals surface area contributed by atoms with Crippen LogP contribution in [0.15, 0.2) is 0 Å². The Morgan fingerprint density at radius 3 is 2.42 bits per heavy atom. The average molecular weight is 191 g/mol. The van der Waals surface area contributed by atoms with Crippen molar-refractivity contribution in [3.63, 3.8) is 0 Å². The fourth-order valence-electron chi connectivity index (χ4n) is 1.10. The van der Waals surface area contributed by atoms with E-state index in [0.717, 1.165) is 18.9 Å². The van der Waals surface area contributed by atoms with E-state index in [2.05, 4.69) is 38.4 Å². The third-order valence-electron chi connectivity index (χ3n) is 2.07. The molecule has 0 bridgehead atoms. The number of methoxy groups -OCH3 is 1. The summed E-state index contributed by atoms with van der Waals surface area (Å²) in [5, 5.41) is 0. The molecule has 0 radical (unpaired) electrons. The minimum Gasteiger partial charge on any atom is -0.383 e. The van der Waals surface area contributed by atoms with Crippen molar-refractivity contribution in [1.82, 2.24) is 4.90 Å². The number of nitrogens with zero attached hydrogens (tertiary/aromatic N) is 1. The Kier molecular flexibility index (Phi) is 6.90. The predicted octanol–water partition coefficient (Wildman–Crippen LogP) is 1.52. The van der Waals surface area contributed by atoms with Crippen LogP contribution >= 0.6 is 12.6 Å². The Balaban J connectivity index is 3.62. The molecule has 2 atom stereocenters. The summed E-state index contributed by atoms with van der Waals surface area (Å²) in [6, 6.07) is 0.498. The van der Waals surface area contributed by atoms with Crippen molar-refractivity contribution in [3.8, 4) is 0 Å². The Morgan fingerprint density at radius 1 is 1.42 bits per heavy atom. The molecule has 2 unspecified atom stereocenters. The third-order valence-corrected chi connectivity index (χ3v) is 2.69. The molecule has 0 rings (SSSR count). The first-order chi connectivity index (χ1) is 5.61. The highest BCUT2D eigenvalue weighted by Crippen LogP contribution is 2.03. The Hall–Kier alpha value is 0.270. The van der Waals surface area contributed by atoms with Crippen molar-refractivity contribution >= 4 is 12.6 Å². The van der Waals surface area contributed by atoms with Gasteiger partial charge in [-0.25, -0.2) is 0 Å². The minimum absolute atomic E-state index is 0.498. The molecule has 3 heteroatoms. The lowest BCUT2D eigenvalue weighted by Crippen LogP contribution is -2.36. The molecule has 0 spiro atoms. The van der Waals surface area contributed by atoms with Gasteiger partial charge in [-0.2, -0.15) is 12.6 Å². The summed E-state index contributed by atoms with van der Waals surface area (Å²) >= 11 is 4.25. The van der Waals surface area contributed by atoms with E-state index in [4.69, 9.17) is 4.74 Å². The smallest absolute Gasteiger partial charge is 0.0615 e. The second kappa shape index (κ2) is 6.75. The molecule has 0 heterocycles. The van der Waals surface area contributed by atoms with Crippen LogP contribution in [-0.2, 0) is 4.74 Å². The SMILES string of the molecule is COCC(C)N(C)CC(C)CS. The average Bonchev–Trinajstić information content (AvgIpc) is 2.04. The third kappa shape index (κ3) is 5.01. The molecule has 0 aliphatic rings. The van der Waals surface area contributed by atoms with Crippen molar-refractivity contribution in [2.24, 2.45) is 5.92 Å². The molecule has 0 aliphatic carbocycles. The number of hydrogen-bond donors (Lipinski definition) is 1. The summed E-state index contributed by atoms with van der Waals surface area (Å²) in [5.74, 6) is 1.60. The number of thiol groups is 1. The lowest BCUT2D eigenvalue weighted by Gasteiger charge is -2.26. The van der Waals surface area contributed by atoms with E-state index >= 15 is 0 Å². The summed E-state index contributed by atoms with van der Waals surface area (Å²) in [6.45, 7) is 6.28. The highest BCUT2D eigenvalue weighted by molar-refractivity contribution is 7.80. The Bertz CT molecular complexity index is 111. The largest absolute Gasteiger partial charge is 0.383 e. The molecule has 74 valence electrons. The van der Waals surface area contributed by atoms with Crippen molar-refractivity contribution in [1.29, 1.82) is 0 Å². The van der Waals surface area contributed by atoms with Crippen LogP contribution in [0.2, 0.25) is 0 Å². The predicted molar refractivity (Wildman–Crippen MR) is 57.0 cm³/mol. The number of rotatable bonds is 6. The summed E-state index contributed by atoms with van der Waals surface area (Å²) in [5.41, 5.74) is 0. The zero-order valence-electron chi connectivity index (χ0n) is 8.58. The van der Waals surface area contributed by atoms with E-state index in [1.807, 2.05) is 0 Å². The van der Waals surface area contributed by atoms with Gasteiger partial charge in [0.25, 0.3) is 0 Å². The van der Waals surface area contributed by atoms with Gasteiger partial charge in [-0.15, -0.1) is 0 Å². The van der Waals surface area contributed by atoms with Crippen LogP contribution in [0.25, 0.3) is 0 Å². The molecule has 0 saturated carbocycles. The van der Waals surface area contributed by atoms with Gasteiger partial charge in [0.05, 0.1) is 6.61 Å². The molecule has 2 nitrogen and oxygen atoms in total. The summed E-state index contributed by atoms with van der Waals surface area (Å²) in [4.78, 5) is 2.31. The fourth-order valence-corrected chi connectivity index (χ4v) is 1.21. The van der Waals surface area contributed by atoms with Gasteiger partial charge in [-0.05, 0) is 25.6 Å². The van der Waals surface area contributed by atoms with Gasteiger partial charge in [0.1, 0.15) is 0 Å². The van der Waals surface area contributed by atoms with Gasteiger partial charge in [0.2, 0.25) is 0 Å². The first kappa shape index (κ1) is 12.3. The van der Waals surface area contributed by atoms with Crippen molar-refractivity contribution in [2.75, 3.05) is 33.1 Å². The maximum atomic E-state index is 5.08. The molecular weight excluding hydrogens is 170 g/mol. The molecule has 0 aromatic carbocycles. The monoisotopic (exact) mass is 191 g/mol. The number of ether oxygens (including phenoxy) is 1. The van der Waals surface area contributed by atoms with Crippen LogP contribution in [0.5, 0.6) is 0 Å². The highest BCUT2D eigenvalue weighted by Gasteiger charge is 2.10. The number of hydrogen-bond acceptors (Lipinski definition) is 3. The molecular formula is C9H21NOS. The summed E-state index contributed by atoms with van der Waals surface area (Å²) in [7, 11) is 3.87. The summed E-state index contributed by atoms with van der Waals surface area (Å²) < 4.78 is 5.08.